The number of hydrogen-bond donors (Lipinski definition) is 1. The molecule has 19 heavy (non-hydrogen) atoms. The van der Waals surface area contributed by atoms with Crippen molar-refractivity contribution < 1.29 is 8.42 Å². The summed E-state index contributed by atoms with van der Waals surface area (Å²) in [6.45, 7) is 6.23. The quantitative estimate of drug-likeness (QED) is 0.861. The van der Waals surface area contributed by atoms with E-state index in [-0.39, 0.29) is 6.04 Å². The molecule has 0 bridgehead atoms. The van der Waals surface area contributed by atoms with Crippen molar-refractivity contribution in [2.75, 3.05) is 12.8 Å². The molecule has 2 unspecified atom stereocenters. The number of aromatic nitrogens is 2. The highest BCUT2D eigenvalue weighted by molar-refractivity contribution is 7.91. The summed E-state index contributed by atoms with van der Waals surface area (Å²) in [7, 11) is -1.28. The first-order valence-corrected chi connectivity index (χ1v) is 8.62. The second-order valence-electron chi connectivity index (χ2n) is 4.87. The molecular formula is C12H22ClN3O2S. The number of sulfone groups is 1. The van der Waals surface area contributed by atoms with Crippen molar-refractivity contribution in [1.29, 1.82) is 0 Å². The Balaban J connectivity index is 3.02. The fraction of sp³-hybridized carbons (Fsp3) is 0.750. The van der Waals surface area contributed by atoms with Crippen LogP contribution >= 0.6 is 11.6 Å². The van der Waals surface area contributed by atoms with Crippen LogP contribution in [0.25, 0.3) is 0 Å². The SMILES string of the molecule is CCNC(Cc1c(Cl)c(C)nn1C)C(C)S(C)(=O)=O. The van der Waals surface area contributed by atoms with Crippen LogP contribution in [0.1, 0.15) is 25.2 Å². The molecule has 0 aromatic carbocycles. The minimum atomic E-state index is -3.10. The third-order valence-corrected chi connectivity index (χ3v) is 5.55. The molecule has 110 valence electrons. The van der Waals surface area contributed by atoms with Crippen molar-refractivity contribution in [3.8, 4) is 0 Å². The van der Waals surface area contributed by atoms with Crippen molar-refractivity contribution in [1.82, 2.24) is 15.1 Å². The van der Waals surface area contributed by atoms with E-state index in [0.29, 0.717) is 18.0 Å². The molecule has 0 spiro atoms. The summed E-state index contributed by atoms with van der Waals surface area (Å²) in [5, 5.41) is 7.62. The molecule has 0 saturated carbocycles. The second-order valence-corrected chi connectivity index (χ2v) is 7.65. The van der Waals surface area contributed by atoms with Crippen molar-refractivity contribution in [3.63, 3.8) is 0 Å². The summed E-state index contributed by atoms with van der Waals surface area (Å²) >= 11 is 6.22. The zero-order chi connectivity index (χ0) is 14.8. The zero-order valence-corrected chi connectivity index (χ0v) is 13.6. The Bertz CT molecular complexity index is 539. The maximum Gasteiger partial charge on any atom is 0.151 e. The number of nitrogens with one attached hydrogen (secondary N) is 1. The molecule has 0 aliphatic heterocycles. The Labute approximate surface area is 120 Å². The molecule has 0 fully saturated rings. The monoisotopic (exact) mass is 307 g/mol. The van der Waals surface area contributed by atoms with Crippen LogP contribution < -0.4 is 5.32 Å². The van der Waals surface area contributed by atoms with E-state index < -0.39 is 15.1 Å². The van der Waals surface area contributed by atoms with Crippen LogP contribution in [0.15, 0.2) is 0 Å². The number of hydrogen-bond acceptors (Lipinski definition) is 4. The molecular weight excluding hydrogens is 286 g/mol. The van der Waals surface area contributed by atoms with Gasteiger partial charge in [0.2, 0.25) is 0 Å². The number of nitrogens with zero attached hydrogens (tertiary/aromatic N) is 2. The van der Waals surface area contributed by atoms with Crippen LogP contribution in [0.2, 0.25) is 5.02 Å². The molecule has 1 aromatic rings. The van der Waals surface area contributed by atoms with Gasteiger partial charge < -0.3 is 5.32 Å². The summed E-state index contributed by atoms with van der Waals surface area (Å²) in [5.41, 5.74) is 1.63. The van der Waals surface area contributed by atoms with Gasteiger partial charge in [0.1, 0.15) is 0 Å². The molecule has 1 N–H and O–H groups in total. The average molecular weight is 308 g/mol. The minimum Gasteiger partial charge on any atom is -0.313 e. The summed E-state index contributed by atoms with van der Waals surface area (Å²) < 4.78 is 25.2. The zero-order valence-electron chi connectivity index (χ0n) is 12.1. The number of halogens is 1. The Morgan fingerprint density at radius 3 is 2.42 bits per heavy atom. The van der Waals surface area contributed by atoms with Gasteiger partial charge in [-0.3, -0.25) is 4.68 Å². The summed E-state index contributed by atoms with van der Waals surface area (Å²) in [4.78, 5) is 0. The van der Waals surface area contributed by atoms with Gasteiger partial charge >= 0.3 is 0 Å². The molecule has 1 heterocycles. The van der Waals surface area contributed by atoms with Crippen molar-refractivity contribution >= 4 is 21.4 Å². The number of likely N-dealkylation sites (N-methyl/N-ethyl adjacent to an activating group) is 1. The predicted octanol–water partition coefficient (Wildman–Crippen LogP) is 1.34. The van der Waals surface area contributed by atoms with Gasteiger partial charge in [-0.15, -0.1) is 0 Å². The van der Waals surface area contributed by atoms with Crippen LogP contribution in [-0.4, -0.2) is 42.3 Å². The Kier molecular flexibility index (Phi) is 5.41. The fourth-order valence-electron chi connectivity index (χ4n) is 2.07. The lowest BCUT2D eigenvalue weighted by atomic mass is 10.1. The van der Waals surface area contributed by atoms with Crippen LogP contribution in [0, 0.1) is 6.92 Å². The van der Waals surface area contributed by atoms with E-state index >= 15 is 0 Å². The third kappa shape index (κ3) is 3.94. The molecule has 7 heteroatoms. The van der Waals surface area contributed by atoms with E-state index in [1.54, 1.807) is 11.6 Å². The standard InChI is InChI=1S/C12H22ClN3O2S/c1-6-14-10(9(3)19(5,17)18)7-11-12(13)8(2)15-16(11)4/h9-10,14H,6-7H2,1-5H3. The minimum absolute atomic E-state index is 0.174. The molecule has 2 atom stereocenters. The van der Waals surface area contributed by atoms with Gasteiger partial charge in [0.05, 0.1) is 21.7 Å². The molecule has 0 aliphatic rings. The maximum absolute atomic E-state index is 11.7. The molecule has 0 saturated heterocycles. The summed E-state index contributed by atoms with van der Waals surface area (Å²) in [6.07, 6.45) is 1.80. The highest BCUT2D eigenvalue weighted by Gasteiger charge is 2.27. The van der Waals surface area contributed by atoms with E-state index in [2.05, 4.69) is 10.4 Å². The van der Waals surface area contributed by atoms with Gasteiger partial charge in [-0.25, -0.2) is 8.42 Å². The van der Waals surface area contributed by atoms with Gasteiger partial charge in [0, 0.05) is 25.8 Å². The summed E-state index contributed by atoms with van der Waals surface area (Å²) in [6, 6.07) is -0.174. The molecule has 1 aromatic heterocycles. The van der Waals surface area contributed by atoms with Crippen LogP contribution in [0.5, 0.6) is 0 Å². The second kappa shape index (κ2) is 6.24. The smallest absolute Gasteiger partial charge is 0.151 e. The Morgan fingerprint density at radius 1 is 1.47 bits per heavy atom. The lowest BCUT2D eigenvalue weighted by Crippen LogP contribution is -2.44. The van der Waals surface area contributed by atoms with E-state index in [1.807, 2.05) is 20.9 Å². The van der Waals surface area contributed by atoms with Crippen LogP contribution in [-0.2, 0) is 23.3 Å². The van der Waals surface area contributed by atoms with Crippen LogP contribution in [0.3, 0.4) is 0 Å². The molecule has 1 rings (SSSR count). The van der Waals surface area contributed by atoms with Crippen molar-refractivity contribution in [2.45, 2.75) is 38.5 Å². The highest BCUT2D eigenvalue weighted by Crippen LogP contribution is 2.22. The van der Waals surface area contributed by atoms with Gasteiger partial charge in [-0.05, 0) is 20.4 Å². The van der Waals surface area contributed by atoms with E-state index in [9.17, 15) is 8.42 Å². The molecule has 0 radical (unpaired) electrons. The first-order chi connectivity index (χ1) is 8.68. The Morgan fingerprint density at radius 2 is 2.05 bits per heavy atom. The van der Waals surface area contributed by atoms with E-state index in [1.165, 1.54) is 6.26 Å². The van der Waals surface area contributed by atoms with E-state index in [0.717, 1.165) is 11.4 Å². The predicted molar refractivity (Wildman–Crippen MR) is 78.4 cm³/mol. The average Bonchev–Trinajstić information content (AvgIpc) is 2.53. The molecule has 0 aliphatic carbocycles. The van der Waals surface area contributed by atoms with Crippen LogP contribution in [0.4, 0.5) is 0 Å². The van der Waals surface area contributed by atoms with Gasteiger partial charge in [-0.1, -0.05) is 18.5 Å². The Hall–Kier alpha value is -0.590. The number of rotatable bonds is 6. The van der Waals surface area contributed by atoms with Gasteiger partial charge in [0.15, 0.2) is 9.84 Å². The van der Waals surface area contributed by atoms with Crippen molar-refractivity contribution in [2.24, 2.45) is 7.05 Å². The highest BCUT2D eigenvalue weighted by atomic mass is 35.5. The summed E-state index contributed by atoms with van der Waals surface area (Å²) in [5.74, 6) is 0. The molecule has 0 amide bonds. The number of aryl methyl sites for hydroxylation is 2. The first-order valence-electron chi connectivity index (χ1n) is 6.28. The topological polar surface area (TPSA) is 64.0 Å². The largest absolute Gasteiger partial charge is 0.313 e. The molecule has 5 nitrogen and oxygen atoms in total. The fourth-order valence-corrected chi connectivity index (χ4v) is 3.10. The van der Waals surface area contributed by atoms with Gasteiger partial charge in [0.25, 0.3) is 0 Å². The maximum atomic E-state index is 11.7. The van der Waals surface area contributed by atoms with Gasteiger partial charge in [-0.2, -0.15) is 5.10 Å². The first kappa shape index (κ1) is 16.5. The van der Waals surface area contributed by atoms with Crippen molar-refractivity contribution in [3.05, 3.63) is 16.4 Å². The van der Waals surface area contributed by atoms with E-state index in [4.69, 9.17) is 11.6 Å². The lowest BCUT2D eigenvalue weighted by Gasteiger charge is -2.23. The normalized spacial score (nSPS) is 15.5. The third-order valence-electron chi connectivity index (χ3n) is 3.38. The lowest BCUT2D eigenvalue weighted by molar-refractivity contribution is 0.482.